The molecule has 1 heterocycles. The van der Waals surface area contributed by atoms with Crippen molar-refractivity contribution in [1.29, 1.82) is 0 Å². The number of hydrogen-bond acceptors (Lipinski definition) is 6. The number of nitrogens with one attached hydrogen (secondary N) is 2. The van der Waals surface area contributed by atoms with Crippen molar-refractivity contribution in [3.8, 4) is 0 Å². The Morgan fingerprint density at radius 2 is 2.00 bits per heavy atom. The summed E-state index contributed by atoms with van der Waals surface area (Å²) in [6.07, 6.45) is 0.382. The quantitative estimate of drug-likeness (QED) is 0.543. The van der Waals surface area contributed by atoms with Crippen molar-refractivity contribution in [2.24, 2.45) is 0 Å². The molecule has 2 N–H and O–H groups in total. The van der Waals surface area contributed by atoms with Crippen LogP contribution in [-0.4, -0.2) is 67.3 Å². The van der Waals surface area contributed by atoms with Crippen molar-refractivity contribution >= 4 is 18.0 Å². The number of nitrogens with zero attached hydrogens (tertiary/aromatic N) is 1. The highest BCUT2D eigenvalue weighted by Gasteiger charge is 2.30. The number of carbonyl (C=O) groups excluding carboxylic acids is 3. The van der Waals surface area contributed by atoms with Crippen LogP contribution < -0.4 is 10.6 Å². The van der Waals surface area contributed by atoms with Gasteiger partial charge < -0.3 is 25.0 Å². The Hall–Kier alpha value is -1.83. The van der Waals surface area contributed by atoms with Gasteiger partial charge in [-0.25, -0.2) is 4.79 Å². The van der Waals surface area contributed by atoms with E-state index in [4.69, 9.17) is 9.47 Å². The second-order valence-corrected chi connectivity index (χ2v) is 6.63. The maximum Gasteiger partial charge on any atom is 0.410 e. The van der Waals surface area contributed by atoms with Crippen LogP contribution in [0, 0.1) is 0 Å². The van der Waals surface area contributed by atoms with Gasteiger partial charge in [0.2, 0.25) is 5.91 Å². The van der Waals surface area contributed by atoms with Crippen LogP contribution in [-0.2, 0) is 19.1 Å². The van der Waals surface area contributed by atoms with Crippen LogP contribution in [0.15, 0.2) is 0 Å². The summed E-state index contributed by atoms with van der Waals surface area (Å²) in [5.41, 5.74) is -0.563. The topological polar surface area (TPSA) is 97.0 Å². The number of carbonyl (C=O) groups is 3. The summed E-state index contributed by atoms with van der Waals surface area (Å²) in [7, 11) is 0. The highest BCUT2D eigenvalue weighted by molar-refractivity contribution is 5.83. The Kier molecular flexibility index (Phi) is 7.97. The second kappa shape index (κ2) is 9.46. The number of hydrogen-bond donors (Lipinski definition) is 2. The van der Waals surface area contributed by atoms with Crippen molar-refractivity contribution in [3.63, 3.8) is 0 Å². The van der Waals surface area contributed by atoms with Gasteiger partial charge in [0.05, 0.1) is 6.61 Å². The molecule has 1 rings (SSSR count). The maximum absolute atomic E-state index is 12.2. The van der Waals surface area contributed by atoms with Crippen molar-refractivity contribution in [2.45, 2.75) is 52.2 Å². The molecular formula is C16H29N3O5. The third-order valence-corrected chi connectivity index (χ3v) is 3.31. The number of piperazine rings is 1. The van der Waals surface area contributed by atoms with E-state index in [1.165, 1.54) is 4.90 Å². The average molecular weight is 343 g/mol. The summed E-state index contributed by atoms with van der Waals surface area (Å²) in [4.78, 5) is 37.0. The van der Waals surface area contributed by atoms with E-state index in [2.05, 4.69) is 10.6 Å². The Labute approximate surface area is 143 Å². The van der Waals surface area contributed by atoms with Gasteiger partial charge in [-0.1, -0.05) is 0 Å². The zero-order chi connectivity index (χ0) is 18.2. The summed E-state index contributed by atoms with van der Waals surface area (Å²) in [5, 5.41) is 5.85. The minimum Gasteiger partial charge on any atom is -0.466 e. The Morgan fingerprint density at radius 1 is 1.29 bits per heavy atom. The lowest BCUT2D eigenvalue weighted by atomic mass is 10.2. The largest absolute Gasteiger partial charge is 0.466 e. The van der Waals surface area contributed by atoms with E-state index in [1.807, 2.05) is 0 Å². The first-order valence-corrected chi connectivity index (χ1v) is 8.37. The van der Waals surface area contributed by atoms with E-state index in [1.54, 1.807) is 27.7 Å². The smallest absolute Gasteiger partial charge is 0.410 e. The zero-order valence-corrected chi connectivity index (χ0v) is 15.0. The molecule has 1 aliphatic rings. The highest BCUT2D eigenvalue weighted by Crippen LogP contribution is 2.11. The van der Waals surface area contributed by atoms with Gasteiger partial charge in [0.15, 0.2) is 0 Å². The normalized spacial score (nSPS) is 18.0. The van der Waals surface area contributed by atoms with Gasteiger partial charge in [0.25, 0.3) is 0 Å². The molecule has 24 heavy (non-hydrogen) atoms. The van der Waals surface area contributed by atoms with E-state index in [-0.39, 0.29) is 24.8 Å². The second-order valence-electron chi connectivity index (χ2n) is 6.63. The molecule has 0 spiro atoms. The molecule has 1 atom stereocenters. The predicted octanol–water partition coefficient (Wildman–Crippen LogP) is 0.655. The molecule has 0 aromatic rings. The Balaban J connectivity index is 2.34. The van der Waals surface area contributed by atoms with Crippen LogP contribution in [0.4, 0.5) is 4.79 Å². The first kappa shape index (κ1) is 20.2. The lowest BCUT2D eigenvalue weighted by Crippen LogP contribution is -2.58. The molecule has 0 radical (unpaired) electrons. The lowest BCUT2D eigenvalue weighted by Gasteiger charge is -2.34. The summed E-state index contributed by atoms with van der Waals surface area (Å²) >= 11 is 0. The molecule has 1 saturated heterocycles. The van der Waals surface area contributed by atoms with Gasteiger partial charge in [-0.3, -0.25) is 9.59 Å². The first-order chi connectivity index (χ1) is 11.2. The van der Waals surface area contributed by atoms with Crippen LogP contribution in [0.1, 0.15) is 40.5 Å². The van der Waals surface area contributed by atoms with Gasteiger partial charge in [-0.15, -0.1) is 0 Å². The van der Waals surface area contributed by atoms with Gasteiger partial charge in [0.1, 0.15) is 11.6 Å². The van der Waals surface area contributed by atoms with Gasteiger partial charge >= 0.3 is 12.1 Å². The van der Waals surface area contributed by atoms with Crippen molar-refractivity contribution < 1.29 is 23.9 Å². The molecule has 8 heteroatoms. The third kappa shape index (κ3) is 7.63. The van der Waals surface area contributed by atoms with E-state index >= 15 is 0 Å². The van der Waals surface area contributed by atoms with E-state index in [0.29, 0.717) is 32.7 Å². The molecule has 0 bridgehead atoms. The molecule has 0 aliphatic carbocycles. The maximum atomic E-state index is 12.2. The highest BCUT2D eigenvalue weighted by atomic mass is 16.6. The van der Waals surface area contributed by atoms with Crippen molar-refractivity contribution in [1.82, 2.24) is 15.5 Å². The zero-order valence-electron chi connectivity index (χ0n) is 15.0. The molecule has 1 unspecified atom stereocenters. The number of rotatable bonds is 6. The minimum atomic E-state index is -0.563. The lowest BCUT2D eigenvalue weighted by molar-refractivity contribution is -0.143. The summed E-state index contributed by atoms with van der Waals surface area (Å²) < 4.78 is 10.2. The molecule has 1 fully saturated rings. The van der Waals surface area contributed by atoms with Gasteiger partial charge in [-0.05, 0) is 34.1 Å². The Morgan fingerprint density at radius 3 is 2.62 bits per heavy atom. The summed E-state index contributed by atoms with van der Waals surface area (Å²) in [5.74, 6) is -0.453. The van der Waals surface area contributed by atoms with Crippen LogP contribution in [0.2, 0.25) is 0 Å². The minimum absolute atomic E-state index is 0.188. The number of esters is 1. The molecule has 138 valence electrons. The Bertz CT molecular complexity index is 447. The monoisotopic (exact) mass is 343 g/mol. The SMILES string of the molecule is CCOC(=O)CCCNC(=O)C1CN(C(=O)OC(C)(C)C)CCN1. The van der Waals surface area contributed by atoms with Crippen molar-refractivity contribution in [3.05, 3.63) is 0 Å². The number of ether oxygens (including phenoxy) is 2. The van der Waals surface area contributed by atoms with Gasteiger partial charge in [0, 0.05) is 32.6 Å². The first-order valence-electron chi connectivity index (χ1n) is 8.37. The van der Waals surface area contributed by atoms with E-state index < -0.39 is 17.7 Å². The van der Waals surface area contributed by atoms with E-state index in [9.17, 15) is 14.4 Å². The summed E-state index contributed by atoms with van der Waals surface area (Å²) in [6, 6.07) is -0.478. The summed E-state index contributed by atoms with van der Waals surface area (Å²) in [6.45, 7) is 9.22. The molecule has 8 nitrogen and oxygen atoms in total. The molecule has 2 amide bonds. The molecule has 0 aromatic heterocycles. The fourth-order valence-electron chi connectivity index (χ4n) is 2.22. The van der Waals surface area contributed by atoms with E-state index in [0.717, 1.165) is 0 Å². The third-order valence-electron chi connectivity index (χ3n) is 3.31. The molecular weight excluding hydrogens is 314 g/mol. The molecule has 0 aromatic carbocycles. The molecule has 1 aliphatic heterocycles. The fourth-order valence-corrected chi connectivity index (χ4v) is 2.22. The van der Waals surface area contributed by atoms with Crippen LogP contribution >= 0.6 is 0 Å². The van der Waals surface area contributed by atoms with Crippen LogP contribution in [0.3, 0.4) is 0 Å². The van der Waals surface area contributed by atoms with Gasteiger partial charge in [-0.2, -0.15) is 0 Å². The van der Waals surface area contributed by atoms with Crippen molar-refractivity contribution in [2.75, 3.05) is 32.8 Å². The van der Waals surface area contributed by atoms with Crippen LogP contribution in [0.5, 0.6) is 0 Å². The average Bonchev–Trinajstić information content (AvgIpc) is 2.50. The van der Waals surface area contributed by atoms with Crippen LogP contribution in [0.25, 0.3) is 0 Å². The standard InChI is InChI=1S/C16H29N3O5/c1-5-23-13(20)7-6-8-18-14(21)12-11-19(10-9-17-12)15(22)24-16(2,3)4/h12,17H,5-11H2,1-4H3,(H,18,21). The number of amides is 2. The predicted molar refractivity (Wildman–Crippen MR) is 88.5 cm³/mol. The fraction of sp³-hybridized carbons (Fsp3) is 0.812. The molecule has 0 saturated carbocycles.